The summed E-state index contributed by atoms with van der Waals surface area (Å²) in [6.45, 7) is 5.33. The van der Waals surface area contributed by atoms with Crippen molar-refractivity contribution in [3.05, 3.63) is 69.0 Å². The Morgan fingerprint density at radius 2 is 1.86 bits per heavy atom. The van der Waals surface area contributed by atoms with Crippen LogP contribution in [0.3, 0.4) is 0 Å². The Balaban J connectivity index is 1.35. The highest BCUT2D eigenvalue weighted by molar-refractivity contribution is 9.10. The number of carbonyl (C=O) groups is 1. The minimum absolute atomic E-state index is 0.0459. The number of hydrogen-bond acceptors (Lipinski definition) is 5. The molecule has 0 bridgehead atoms. The summed E-state index contributed by atoms with van der Waals surface area (Å²) in [7, 11) is 0. The first kappa shape index (κ1) is 20.1. The summed E-state index contributed by atoms with van der Waals surface area (Å²) in [4.78, 5) is 21.3. The van der Waals surface area contributed by atoms with Gasteiger partial charge in [-0.05, 0) is 25.1 Å². The second-order valence-electron chi connectivity index (χ2n) is 7.07. The van der Waals surface area contributed by atoms with Gasteiger partial charge in [0.1, 0.15) is 0 Å². The van der Waals surface area contributed by atoms with E-state index in [4.69, 9.17) is 16.1 Å². The Morgan fingerprint density at radius 3 is 2.59 bits per heavy atom. The van der Waals surface area contributed by atoms with E-state index >= 15 is 0 Å². The van der Waals surface area contributed by atoms with Crippen molar-refractivity contribution in [1.29, 1.82) is 0 Å². The van der Waals surface area contributed by atoms with Crippen molar-refractivity contribution in [2.75, 3.05) is 26.2 Å². The average Bonchev–Trinajstić information content (AvgIpc) is 3.19. The van der Waals surface area contributed by atoms with Crippen LogP contribution in [0, 0.1) is 6.92 Å². The summed E-state index contributed by atoms with van der Waals surface area (Å²) in [6, 6.07) is 13.4. The molecule has 1 saturated heterocycles. The molecule has 150 valence electrons. The van der Waals surface area contributed by atoms with E-state index in [1.165, 1.54) is 5.56 Å². The van der Waals surface area contributed by atoms with E-state index in [1.807, 2.05) is 42.2 Å². The van der Waals surface area contributed by atoms with Gasteiger partial charge in [-0.1, -0.05) is 62.5 Å². The zero-order valence-electron chi connectivity index (χ0n) is 15.9. The molecule has 0 N–H and O–H groups in total. The van der Waals surface area contributed by atoms with Crippen LogP contribution in [0.1, 0.15) is 21.8 Å². The fourth-order valence-corrected chi connectivity index (χ4v) is 3.83. The number of halogens is 2. The van der Waals surface area contributed by atoms with Crippen molar-refractivity contribution in [2.45, 2.75) is 13.5 Å². The Labute approximate surface area is 182 Å². The van der Waals surface area contributed by atoms with Gasteiger partial charge in [0.2, 0.25) is 11.7 Å². The molecule has 1 amide bonds. The molecule has 0 spiro atoms. The Bertz CT molecular complexity index is 1010. The highest BCUT2D eigenvalue weighted by atomic mass is 79.9. The lowest BCUT2D eigenvalue weighted by Crippen LogP contribution is -2.48. The van der Waals surface area contributed by atoms with Crippen LogP contribution in [0.25, 0.3) is 11.4 Å². The van der Waals surface area contributed by atoms with E-state index < -0.39 is 0 Å². The smallest absolute Gasteiger partial charge is 0.255 e. The minimum Gasteiger partial charge on any atom is -0.338 e. The molecule has 6 nitrogen and oxygen atoms in total. The summed E-state index contributed by atoms with van der Waals surface area (Å²) < 4.78 is 6.26. The molecule has 3 aromatic rings. The van der Waals surface area contributed by atoms with E-state index in [0.717, 1.165) is 23.1 Å². The van der Waals surface area contributed by atoms with Crippen LogP contribution in [-0.2, 0) is 6.54 Å². The third kappa shape index (κ3) is 4.69. The highest BCUT2D eigenvalue weighted by Crippen LogP contribution is 2.23. The summed E-state index contributed by atoms with van der Waals surface area (Å²) in [5, 5.41) is 4.55. The molecular weight excluding hydrogens is 456 g/mol. The van der Waals surface area contributed by atoms with Crippen molar-refractivity contribution in [2.24, 2.45) is 0 Å². The first-order valence-corrected chi connectivity index (χ1v) is 10.5. The molecule has 0 saturated carbocycles. The van der Waals surface area contributed by atoms with Gasteiger partial charge in [0.25, 0.3) is 5.91 Å². The molecule has 8 heteroatoms. The van der Waals surface area contributed by atoms with Crippen LogP contribution in [0.15, 0.2) is 51.5 Å². The molecule has 1 fully saturated rings. The molecule has 0 aliphatic carbocycles. The molecule has 4 rings (SSSR count). The molecule has 0 unspecified atom stereocenters. The normalized spacial score (nSPS) is 14.9. The third-order valence-electron chi connectivity index (χ3n) is 4.96. The minimum atomic E-state index is -0.0459. The Kier molecular flexibility index (Phi) is 5.99. The van der Waals surface area contributed by atoms with E-state index in [2.05, 4.69) is 31.0 Å². The van der Waals surface area contributed by atoms with Gasteiger partial charge in [-0.3, -0.25) is 9.69 Å². The van der Waals surface area contributed by atoms with Crippen molar-refractivity contribution in [3.8, 4) is 11.4 Å². The van der Waals surface area contributed by atoms with Gasteiger partial charge in [-0.15, -0.1) is 0 Å². The number of amides is 1. The lowest BCUT2D eigenvalue weighted by molar-refractivity contribution is 0.0615. The summed E-state index contributed by atoms with van der Waals surface area (Å²) in [6.07, 6.45) is 0. The lowest BCUT2D eigenvalue weighted by atomic mass is 10.1. The fraction of sp³-hybridized carbons (Fsp3) is 0.286. The first-order chi connectivity index (χ1) is 14.0. The quantitative estimate of drug-likeness (QED) is 0.559. The number of hydrogen-bond donors (Lipinski definition) is 0. The van der Waals surface area contributed by atoms with Gasteiger partial charge in [-0.2, -0.15) is 4.98 Å². The maximum atomic E-state index is 12.8. The van der Waals surface area contributed by atoms with Crippen LogP contribution in [0.5, 0.6) is 0 Å². The first-order valence-electron chi connectivity index (χ1n) is 9.36. The van der Waals surface area contributed by atoms with Crippen molar-refractivity contribution < 1.29 is 9.32 Å². The Hall–Kier alpha value is -2.22. The second-order valence-corrected chi connectivity index (χ2v) is 8.39. The van der Waals surface area contributed by atoms with Gasteiger partial charge in [-0.25, -0.2) is 0 Å². The summed E-state index contributed by atoms with van der Waals surface area (Å²) >= 11 is 9.60. The van der Waals surface area contributed by atoms with E-state index in [0.29, 0.717) is 41.9 Å². The number of aromatic nitrogens is 2. The predicted octanol–water partition coefficient (Wildman–Crippen LogP) is 4.42. The average molecular weight is 476 g/mol. The van der Waals surface area contributed by atoms with Crippen molar-refractivity contribution >= 4 is 33.4 Å². The molecule has 2 aromatic carbocycles. The molecule has 0 radical (unpaired) electrons. The number of piperazine rings is 1. The summed E-state index contributed by atoms with van der Waals surface area (Å²) in [5.74, 6) is 1.13. The van der Waals surface area contributed by atoms with Crippen LogP contribution in [0.4, 0.5) is 0 Å². The monoisotopic (exact) mass is 474 g/mol. The predicted molar refractivity (Wildman–Crippen MR) is 115 cm³/mol. The standard InChI is InChI=1S/C21H20BrClN4O2/c1-14-2-4-15(5-3-14)20-24-19(29-25-20)13-26-8-10-27(11-9-26)21(28)17-12-16(22)6-7-18(17)23/h2-7,12H,8-11,13H2,1H3. The summed E-state index contributed by atoms with van der Waals surface area (Å²) in [5.41, 5.74) is 2.65. The Morgan fingerprint density at radius 1 is 1.14 bits per heavy atom. The molecule has 29 heavy (non-hydrogen) atoms. The molecule has 0 atom stereocenters. The number of rotatable bonds is 4. The number of aryl methyl sites for hydroxylation is 1. The second kappa shape index (κ2) is 8.65. The van der Waals surface area contributed by atoms with Crippen molar-refractivity contribution in [1.82, 2.24) is 19.9 Å². The molecular formula is C21H20BrClN4O2. The molecule has 2 heterocycles. The topological polar surface area (TPSA) is 62.5 Å². The largest absolute Gasteiger partial charge is 0.338 e. The van der Waals surface area contributed by atoms with Gasteiger partial charge in [0.15, 0.2) is 0 Å². The highest BCUT2D eigenvalue weighted by Gasteiger charge is 2.25. The van der Waals surface area contributed by atoms with Gasteiger partial charge in [0.05, 0.1) is 17.1 Å². The van der Waals surface area contributed by atoms with E-state index in [-0.39, 0.29) is 5.91 Å². The zero-order valence-corrected chi connectivity index (χ0v) is 18.3. The maximum absolute atomic E-state index is 12.8. The van der Waals surface area contributed by atoms with E-state index in [9.17, 15) is 4.79 Å². The fourth-order valence-electron chi connectivity index (χ4n) is 3.27. The molecule has 1 aliphatic heterocycles. The maximum Gasteiger partial charge on any atom is 0.255 e. The van der Waals surface area contributed by atoms with Crippen LogP contribution >= 0.6 is 27.5 Å². The number of nitrogens with zero attached hydrogens (tertiary/aromatic N) is 4. The van der Waals surface area contributed by atoms with Crippen LogP contribution < -0.4 is 0 Å². The lowest BCUT2D eigenvalue weighted by Gasteiger charge is -2.34. The number of benzene rings is 2. The zero-order chi connectivity index (χ0) is 20.4. The van der Waals surface area contributed by atoms with Crippen LogP contribution in [0.2, 0.25) is 5.02 Å². The van der Waals surface area contributed by atoms with Gasteiger partial charge >= 0.3 is 0 Å². The van der Waals surface area contributed by atoms with E-state index in [1.54, 1.807) is 12.1 Å². The van der Waals surface area contributed by atoms with Crippen LogP contribution in [-0.4, -0.2) is 52.0 Å². The van der Waals surface area contributed by atoms with Crippen molar-refractivity contribution in [3.63, 3.8) is 0 Å². The molecule has 1 aliphatic rings. The number of carbonyl (C=O) groups excluding carboxylic acids is 1. The third-order valence-corrected chi connectivity index (χ3v) is 5.78. The van der Waals surface area contributed by atoms with Gasteiger partial charge < -0.3 is 9.42 Å². The molecule has 1 aromatic heterocycles. The van der Waals surface area contributed by atoms with Gasteiger partial charge in [0, 0.05) is 36.2 Å². The SMILES string of the molecule is Cc1ccc(-c2noc(CN3CCN(C(=O)c4cc(Br)ccc4Cl)CC3)n2)cc1.